The zero-order valence-electron chi connectivity index (χ0n) is 11.2. The van der Waals surface area contributed by atoms with Crippen LogP contribution >= 0.6 is 11.3 Å². The fourth-order valence-electron chi connectivity index (χ4n) is 2.59. The lowest BCUT2D eigenvalue weighted by atomic mass is 10.1. The van der Waals surface area contributed by atoms with E-state index in [-0.39, 0.29) is 0 Å². The molecular formula is C15H16N2O2S. The molecule has 1 unspecified atom stereocenters. The van der Waals surface area contributed by atoms with Gasteiger partial charge < -0.3 is 10.4 Å². The monoisotopic (exact) mass is 288 g/mol. The third-order valence-electron chi connectivity index (χ3n) is 3.66. The second-order valence-corrected chi connectivity index (χ2v) is 5.98. The van der Waals surface area contributed by atoms with Gasteiger partial charge in [0, 0.05) is 10.6 Å². The number of aliphatic carboxylic acids is 1. The molecule has 0 saturated carbocycles. The minimum atomic E-state index is -0.769. The molecule has 0 spiro atoms. The number of benzene rings is 1. The Bertz CT molecular complexity index is 651. The van der Waals surface area contributed by atoms with Crippen molar-refractivity contribution in [3.05, 3.63) is 40.4 Å². The largest absolute Gasteiger partial charge is 0.481 e. The molecule has 3 rings (SSSR count). The summed E-state index contributed by atoms with van der Waals surface area (Å²) in [6.45, 7) is 2.11. The summed E-state index contributed by atoms with van der Waals surface area (Å²) < 4.78 is 0. The van der Waals surface area contributed by atoms with Crippen LogP contribution in [0.4, 0.5) is 10.8 Å². The van der Waals surface area contributed by atoms with Crippen molar-refractivity contribution < 1.29 is 9.90 Å². The molecule has 2 aromatic rings. The van der Waals surface area contributed by atoms with Gasteiger partial charge in [-0.2, -0.15) is 0 Å². The predicted molar refractivity (Wildman–Crippen MR) is 79.9 cm³/mol. The molecule has 0 amide bonds. The van der Waals surface area contributed by atoms with Gasteiger partial charge in [-0.05, 0) is 30.9 Å². The summed E-state index contributed by atoms with van der Waals surface area (Å²) >= 11 is 1.57. The van der Waals surface area contributed by atoms with Gasteiger partial charge in [0.25, 0.3) is 0 Å². The highest BCUT2D eigenvalue weighted by molar-refractivity contribution is 7.15. The predicted octanol–water partition coefficient (Wildman–Crippen LogP) is 3.56. The number of nitrogens with zero attached hydrogens (tertiary/aromatic N) is 1. The van der Waals surface area contributed by atoms with Crippen molar-refractivity contribution in [1.82, 2.24) is 4.98 Å². The summed E-state index contributed by atoms with van der Waals surface area (Å²) in [6, 6.07) is 8.12. The van der Waals surface area contributed by atoms with Crippen molar-refractivity contribution in [2.75, 3.05) is 5.32 Å². The highest BCUT2D eigenvalue weighted by Gasteiger charge is 2.32. The number of rotatable bonds is 4. The van der Waals surface area contributed by atoms with Crippen LogP contribution in [0.25, 0.3) is 0 Å². The Morgan fingerprint density at radius 2 is 2.30 bits per heavy atom. The van der Waals surface area contributed by atoms with Crippen molar-refractivity contribution in [1.29, 1.82) is 0 Å². The molecule has 4 nitrogen and oxygen atoms in total. The number of carboxylic acids is 1. The Balaban J connectivity index is 1.87. The first-order chi connectivity index (χ1) is 9.69. The smallest absolute Gasteiger partial charge is 0.312 e. The fourth-order valence-corrected chi connectivity index (χ4v) is 3.64. The third kappa shape index (κ3) is 2.29. The van der Waals surface area contributed by atoms with E-state index >= 15 is 0 Å². The first-order valence-corrected chi connectivity index (χ1v) is 7.58. The topological polar surface area (TPSA) is 62.2 Å². The van der Waals surface area contributed by atoms with Crippen LogP contribution in [0.15, 0.2) is 24.3 Å². The zero-order chi connectivity index (χ0) is 14.1. The fraction of sp³-hybridized carbons (Fsp3) is 0.333. The van der Waals surface area contributed by atoms with Crippen LogP contribution in [0.2, 0.25) is 0 Å². The normalized spacial score (nSPS) is 16.9. The van der Waals surface area contributed by atoms with Crippen LogP contribution in [-0.2, 0) is 17.6 Å². The van der Waals surface area contributed by atoms with E-state index < -0.39 is 11.9 Å². The molecular weight excluding hydrogens is 272 g/mol. The van der Waals surface area contributed by atoms with Gasteiger partial charge in [0.2, 0.25) is 0 Å². The molecule has 1 aromatic heterocycles. The van der Waals surface area contributed by atoms with E-state index in [0.717, 1.165) is 34.2 Å². The Labute approximate surface area is 121 Å². The minimum absolute atomic E-state index is 0.432. The van der Waals surface area contributed by atoms with Crippen molar-refractivity contribution >= 4 is 28.1 Å². The second kappa shape index (κ2) is 5.25. The quantitative estimate of drug-likeness (QED) is 0.903. The molecule has 1 aromatic carbocycles. The van der Waals surface area contributed by atoms with E-state index in [1.165, 1.54) is 5.56 Å². The molecule has 1 aliphatic carbocycles. The van der Waals surface area contributed by atoms with E-state index in [1.54, 1.807) is 11.3 Å². The number of aryl methyl sites for hydroxylation is 2. The minimum Gasteiger partial charge on any atom is -0.481 e. The number of hydrogen-bond donors (Lipinski definition) is 2. The average molecular weight is 288 g/mol. The van der Waals surface area contributed by atoms with Gasteiger partial charge in [-0.1, -0.05) is 25.1 Å². The highest BCUT2D eigenvalue weighted by Crippen LogP contribution is 2.39. The Morgan fingerprint density at radius 1 is 1.50 bits per heavy atom. The van der Waals surface area contributed by atoms with Gasteiger partial charge in [-0.15, -0.1) is 11.3 Å². The number of anilines is 2. The molecule has 1 aliphatic rings. The van der Waals surface area contributed by atoms with Gasteiger partial charge in [0.15, 0.2) is 5.13 Å². The average Bonchev–Trinajstić information content (AvgIpc) is 2.98. The first kappa shape index (κ1) is 13.1. The molecule has 0 aliphatic heterocycles. The summed E-state index contributed by atoms with van der Waals surface area (Å²) in [5, 5.41) is 13.3. The first-order valence-electron chi connectivity index (χ1n) is 6.76. The van der Waals surface area contributed by atoms with Crippen molar-refractivity contribution in [2.24, 2.45) is 0 Å². The maximum absolute atomic E-state index is 11.2. The maximum Gasteiger partial charge on any atom is 0.312 e. The lowest BCUT2D eigenvalue weighted by molar-refractivity contribution is -0.138. The van der Waals surface area contributed by atoms with Gasteiger partial charge in [0.1, 0.15) is 5.92 Å². The molecule has 0 fully saturated rings. The highest BCUT2D eigenvalue weighted by atomic mass is 32.1. The molecule has 0 saturated heterocycles. The lowest BCUT2D eigenvalue weighted by Crippen LogP contribution is -2.08. The van der Waals surface area contributed by atoms with E-state index in [4.69, 9.17) is 0 Å². The number of hydrogen-bond acceptors (Lipinski definition) is 4. The molecule has 0 radical (unpaired) electrons. The summed E-state index contributed by atoms with van der Waals surface area (Å²) in [4.78, 5) is 16.8. The number of fused-ring (bicyclic) bond motifs is 1. The molecule has 0 bridgehead atoms. The summed E-state index contributed by atoms with van der Waals surface area (Å²) in [6.07, 6.45) is 2.45. The molecule has 20 heavy (non-hydrogen) atoms. The maximum atomic E-state index is 11.2. The zero-order valence-corrected chi connectivity index (χ0v) is 12.0. The van der Waals surface area contributed by atoms with Crippen LogP contribution < -0.4 is 5.32 Å². The number of thiazole rings is 1. The number of carbonyl (C=O) groups is 1. The van der Waals surface area contributed by atoms with Gasteiger partial charge in [-0.25, -0.2) is 4.98 Å². The SMILES string of the molecule is CCc1ccccc1Nc1nc2c(s1)CCC2C(=O)O. The molecule has 2 N–H and O–H groups in total. The van der Waals surface area contributed by atoms with E-state index in [2.05, 4.69) is 23.3 Å². The van der Waals surface area contributed by atoms with Gasteiger partial charge in [0.05, 0.1) is 5.69 Å². The molecule has 1 heterocycles. The second-order valence-electron chi connectivity index (χ2n) is 4.89. The number of nitrogens with one attached hydrogen (secondary N) is 1. The molecule has 1 atom stereocenters. The van der Waals surface area contributed by atoms with E-state index in [1.807, 2.05) is 18.2 Å². The standard InChI is InChI=1S/C15H16N2O2S/c1-2-9-5-3-4-6-11(9)16-15-17-13-10(14(18)19)7-8-12(13)20-15/h3-6,10H,2,7-8H2,1H3,(H,16,17)(H,18,19). The molecule has 5 heteroatoms. The Kier molecular flexibility index (Phi) is 3.44. The summed E-state index contributed by atoms with van der Waals surface area (Å²) in [5.41, 5.74) is 3.03. The van der Waals surface area contributed by atoms with E-state index in [0.29, 0.717) is 6.42 Å². The van der Waals surface area contributed by atoms with Crippen molar-refractivity contribution in [2.45, 2.75) is 32.1 Å². The van der Waals surface area contributed by atoms with E-state index in [9.17, 15) is 9.90 Å². The van der Waals surface area contributed by atoms with Crippen LogP contribution in [0.3, 0.4) is 0 Å². The van der Waals surface area contributed by atoms with Gasteiger partial charge in [-0.3, -0.25) is 4.79 Å². The lowest BCUT2D eigenvalue weighted by Gasteiger charge is -2.08. The number of carboxylic acid groups (broad SMARTS) is 1. The van der Waals surface area contributed by atoms with Crippen LogP contribution in [0.5, 0.6) is 0 Å². The Hall–Kier alpha value is -1.88. The summed E-state index contributed by atoms with van der Waals surface area (Å²) in [5.74, 6) is -1.20. The Morgan fingerprint density at radius 3 is 3.05 bits per heavy atom. The van der Waals surface area contributed by atoms with Crippen molar-refractivity contribution in [3.63, 3.8) is 0 Å². The number of aromatic nitrogens is 1. The van der Waals surface area contributed by atoms with Crippen molar-refractivity contribution in [3.8, 4) is 0 Å². The van der Waals surface area contributed by atoms with Crippen LogP contribution in [0.1, 0.15) is 35.4 Å². The molecule has 104 valence electrons. The van der Waals surface area contributed by atoms with Crippen LogP contribution in [0, 0.1) is 0 Å². The van der Waals surface area contributed by atoms with Crippen LogP contribution in [-0.4, -0.2) is 16.1 Å². The number of para-hydroxylation sites is 1. The third-order valence-corrected chi connectivity index (χ3v) is 4.70. The van der Waals surface area contributed by atoms with Gasteiger partial charge >= 0.3 is 5.97 Å². The summed E-state index contributed by atoms with van der Waals surface area (Å²) in [7, 11) is 0.